The Morgan fingerprint density at radius 3 is 2.79 bits per heavy atom. The van der Waals surface area contributed by atoms with Gasteiger partial charge < -0.3 is 10.6 Å². The highest BCUT2D eigenvalue weighted by Crippen LogP contribution is 2.26. The Labute approximate surface area is 113 Å². The molecule has 5 nitrogen and oxygen atoms in total. The quantitative estimate of drug-likeness (QED) is 0.877. The van der Waals surface area contributed by atoms with E-state index in [0.29, 0.717) is 18.5 Å². The first kappa shape index (κ1) is 13.8. The summed E-state index contributed by atoms with van der Waals surface area (Å²) in [5.41, 5.74) is 7.75. The minimum absolute atomic E-state index is 0.0548. The Morgan fingerprint density at radius 2 is 2.26 bits per heavy atom. The van der Waals surface area contributed by atoms with E-state index in [4.69, 9.17) is 5.73 Å². The van der Waals surface area contributed by atoms with Gasteiger partial charge in [-0.3, -0.25) is 0 Å². The fourth-order valence-corrected chi connectivity index (χ4v) is 4.16. The van der Waals surface area contributed by atoms with Crippen molar-refractivity contribution in [2.75, 3.05) is 23.5 Å². The molecule has 0 aliphatic carbocycles. The van der Waals surface area contributed by atoms with Gasteiger partial charge >= 0.3 is 0 Å². The number of anilines is 1. The van der Waals surface area contributed by atoms with Gasteiger partial charge in [0.2, 0.25) is 0 Å². The fourth-order valence-electron chi connectivity index (χ4n) is 2.38. The minimum atomic E-state index is -2.93. The maximum Gasteiger partial charge on any atom is 0.152 e. The van der Waals surface area contributed by atoms with Gasteiger partial charge in [0, 0.05) is 19.6 Å². The summed E-state index contributed by atoms with van der Waals surface area (Å²) in [4.78, 5) is 1.89. The van der Waals surface area contributed by atoms with Crippen molar-refractivity contribution in [1.82, 2.24) is 0 Å². The van der Waals surface area contributed by atoms with E-state index in [1.807, 2.05) is 24.1 Å². The molecule has 6 heteroatoms. The zero-order valence-corrected chi connectivity index (χ0v) is 11.7. The first-order chi connectivity index (χ1) is 8.96. The van der Waals surface area contributed by atoms with Crippen LogP contribution in [0.4, 0.5) is 5.69 Å². The average molecular weight is 279 g/mol. The highest BCUT2D eigenvalue weighted by molar-refractivity contribution is 7.91. The van der Waals surface area contributed by atoms with Crippen LogP contribution in [0.2, 0.25) is 0 Å². The molecule has 1 aliphatic heterocycles. The van der Waals surface area contributed by atoms with Gasteiger partial charge in [0.1, 0.15) is 6.07 Å². The van der Waals surface area contributed by atoms with Gasteiger partial charge in [-0.25, -0.2) is 8.42 Å². The van der Waals surface area contributed by atoms with E-state index in [1.54, 1.807) is 6.07 Å². The maximum atomic E-state index is 11.5. The first-order valence-electron chi connectivity index (χ1n) is 6.13. The van der Waals surface area contributed by atoms with Crippen molar-refractivity contribution in [1.29, 1.82) is 5.26 Å². The molecule has 1 aromatic carbocycles. The first-order valence-corrected chi connectivity index (χ1v) is 7.95. The number of hydrogen-bond acceptors (Lipinski definition) is 5. The van der Waals surface area contributed by atoms with E-state index in [2.05, 4.69) is 6.07 Å². The van der Waals surface area contributed by atoms with Gasteiger partial charge in [0.15, 0.2) is 9.84 Å². The normalized spacial score (nSPS) is 21.0. The van der Waals surface area contributed by atoms with E-state index < -0.39 is 9.84 Å². The lowest BCUT2D eigenvalue weighted by molar-refractivity contribution is 0.601. The molecule has 1 aromatic rings. The maximum absolute atomic E-state index is 11.5. The lowest BCUT2D eigenvalue weighted by Gasteiger charge is -2.26. The second-order valence-electron chi connectivity index (χ2n) is 4.84. The van der Waals surface area contributed by atoms with Crippen LogP contribution in [0.15, 0.2) is 18.2 Å². The van der Waals surface area contributed by atoms with E-state index in [0.717, 1.165) is 11.3 Å². The second-order valence-corrected chi connectivity index (χ2v) is 7.06. The van der Waals surface area contributed by atoms with E-state index >= 15 is 0 Å². The monoisotopic (exact) mass is 279 g/mol. The largest absolute Gasteiger partial charge is 0.369 e. The van der Waals surface area contributed by atoms with Crippen LogP contribution in [0.1, 0.15) is 17.5 Å². The molecule has 0 amide bonds. The summed E-state index contributed by atoms with van der Waals surface area (Å²) in [5.74, 6) is 0.387. The van der Waals surface area contributed by atoms with Crippen LogP contribution < -0.4 is 10.6 Å². The zero-order valence-electron chi connectivity index (χ0n) is 10.8. The van der Waals surface area contributed by atoms with Crippen LogP contribution in [-0.2, 0) is 16.4 Å². The summed E-state index contributed by atoms with van der Waals surface area (Å²) in [5, 5.41) is 9.20. The third-order valence-electron chi connectivity index (χ3n) is 3.55. The molecule has 2 N–H and O–H groups in total. The minimum Gasteiger partial charge on any atom is -0.369 e. The predicted molar refractivity (Wildman–Crippen MR) is 74.5 cm³/mol. The standard InChI is InChI=1S/C13H17N3O2S/c1-16(12-4-5-19(17,18)9-12)13-3-2-10(7-14)6-11(13)8-15/h2-3,6,12H,4-5,7,9,14H2,1H3. The van der Waals surface area contributed by atoms with Crippen LogP contribution in [0.5, 0.6) is 0 Å². The molecule has 1 saturated heterocycles. The summed E-state index contributed by atoms with van der Waals surface area (Å²) in [6, 6.07) is 7.56. The lowest BCUT2D eigenvalue weighted by atomic mass is 10.1. The Hall–Kier alpha value is -1.58. The van der Waals surface area contributed by atoms with E-state index in [-0.39, 0.29) is 17.5 Å². The molecule has 1 unspecified atom stereocenters. The van der Waals surface area contributed by atoms with Gasteiger partial charge in [0.25, 0.3) is 0 Å². The molecule has 0 aromatic heterocycles. The van der Waals surface area contributed by atoms with Crippen molar-refractivity contribution in [2.24, 2.45) is 5.73 Å². The molecule has 0 radical (unpaired) electrons. The molecule has 0 saturated carbocycles. The molecule has 1 fully saturated rings. The van der Waals surface area contributed by atoms with Crippen LogP contribution in [-0.4, -0.2) is 33.0 Å². The summed E-state index contributed by atoms with van der Waals surface area (Å²) >= 11 is 0. The van der Waals surface area contributed by atoms with Crippen LogP contribution >= 0.6 is 0 Å². The lowest BCUT2D eigenvalue weighted by Crippen LogP contribution is -2.33. The van der Waals surface area contributed by atoms with E-state index in [1.165, 1.54) is 0 Å². The molecule has 1 aliphatic rings. The summed E-state index contributed by atoms with van der Waals surface area (Å²) in [6.45, 7) is 0.385. The van der Waals surface area contributed by atoms with Crippen LogP contribution in [0.3, 0.4) is 0 Å². The fraction of sp³-hybridized carbons (Fsp3) is 0.462. The molecule has 1 heterocycles. The molecule has 102 valence electrons. The van der Waals surface area contributed by atoms with E-state index in [9.17, 15) is 13.7 Å². The van der Waals surface area contributed by atoms with Crippen molar-refractivity contribution in [2.45, 2.75) is 19.0 Å². The van der Waals surface area contributed by atoms with Gasteiger partial charge in [0.05, 0.1) is 22.8 Å². The number of nitrogens with zero attached hydrogens (tertiary/aromatic N) is 2. The van der Waals surface area contributed by atoms with Crippen molar-refractivity contribution in [3.8, 4) is 6.07 Å². The summed E-state index contributed by atoms with van der Waals surface area (Å²) in [7, 11) is -1.09. The third kappa shape index (κ3) is 2.88. The zero-order chi connectivity index (χ0) is 14.0. The molecule has 1 atom stereocenters. The SMILES string of the molecule is CN(c1ccc(CN)cc1C#N)C1CCS(=O)(=O)C1. The highest BCUT2D eigenvalue weighted by Gasteiger charge is 2.31. The molecular weight excluding hydrogens is 262 g/mol. The van der Waals surface area contributed by atoms with Crippen molar-refractivity contribution in [3.05, 3.63) is 29.3 Å². The Bertz CT molecular complexity index is 619. The van der Waals surface area contributed by atoms with Gasteiger partial charge in [-0.2, -0.15) is 5.26 Å². The summed E-state index contributed by atoms with van der Waals surface area (Å²) < 4.78 is 23.0. The Morgan fingerprint density at radius 1 is 1.53 bits per heavy atom. The summed E-state index contributed by atoms with van der Waals surface area (Å²) in [6.07, 6.45) is 0.613. The number of nitriles is 1. The number of hydrogen-bond donors (Lipinski definition) is 1. The topological polar surface area (TPSA) is 87.2 Å². The van der Waals surface area contributed by atoms with Crippen LogP contribution in [0, 0.1) is 11.3 Å². The molecule has 19 heavy (non-hydrogen) atoms. The second kappa shape index (κ2) is 5.19. The number of sulfone groups is 1. The molecule has 0 bridgehead atoms. The number of rotatable bonds is 3. The van der Waals surface area contributed by atoms with Crippen molar-refractivity contribution in [3.63, 3.8) is 0 Å². The van der Waals surface area contributed by atoms with Gasteiger partial charge in [-0.1, -0.05) is 6.07 Å². The average Bonchev–Trinajstić information content (AvgIpc) is 2.77. The van der Waals surface area contributed by atoms with Gasteiger partial charge in [-0.05, 0) is 24.1 Å². The number of nitrogens with two attached hydrogens (primary N) is 1. The molecule has 2 rings (SSSR count). The highest BCUT2D eigenvalue weighted by atomic mass is 32.2. The smallest absolute Gasteiger partial charge is 0.152 e. The third-order valence-corrected chi connectivity index (χ3v) is 5.30. The Balaban J connectivity index is 2.29. The van der Waals surface area contributed by atoms with Crippen molar-refractivity contribution < 1.29 is 8.42 Å². The van der Waals surface area contributed by atoms with Crippen molar-refractivity contribution >= 4 is 15.5 Å². The molecular formula is C13H17N3O2S. The molecule has 0 spiro atoms. The van der Waals surface area contributed by atoms with Gasteiger partial charge in [-0.15, -0.1) is 0 Å². The Kier molecular flexibility index (Phi) is 3.78. The number of benzene rings is 1. The van der Waals surface area contributed by atoms with Crippen LogP contribution in [0.25, 0.3) is 0 Å². The predicted octanol–water partition coefficient (Wildman–Crippen LogP) is 0.640.